The smallest absolute Gasteiger partial charge is 0.234 e. The maximum absolute atomic E-state index is 12.7. The first-order valence-corrected chi connectivity index (χ1v) is 10.0. The number of carbonyl (C=O) groups excluding carboxylic acids is 1. The molecule has 27 heavy (non-hydrogen) atoms. The Hall–Kier alpha value is -1.79. The second-order valence-corrected chi connectivity index (χ2v) is 7.76. The van der Waals surface area contributed by atoms with Crippen molar-refractivity contribution in [1.82, 2.24) is 10.2 Å². The number of nitrogens with one attached hydrogen (secondary N) is 1. The van der Waals surface area contributed by atoms with E-state index in [4.69, 9.17) is 14.2 Å². The van der Waals surface area contributed by atoms with Crippen LogP contribution in [0.5, 0.6) is 11.5 Å². The zero-order valence-electron chi connectivity index (χ0n) is 16.7. The molecule has 3 rings (SSSR count). The van der Waals surface area contributed by atoms with E-state index in [1.807, 2.05) is 18.2 Å². The molecule has 1 unspecified atom stereocenters. The van der Waals surface area contributed by atoms with E-state index in [0.717, 1.165) is 49.4 Å². The number of piperidine rings is 1. The first kappa shape index (κ1) is 20.0. The van der Waals surface area contributed by atoms with Crippen molar-refractivity contribution in [3.05, 3.63) is 23.8 Å². The molecule has 1 N–H and O–H groups in total. The van der Waals surface area contributed by atoms with E-state index >= 15 is 0 Å². The lowest BCUT2D eigenvalue weighted by molar-refractivity contribution is -0.124. The summed E-state index contributed by atoms with van der Waals surface area (Å²) in [6, 6.07) is 5.94. The van der Waals surface area contributed by atoms with E-state index in [1.54, 1.807) is 7.11 Å². The summed E-state index contributed by atoms with van der Waals surface area (Å²) >= 11 is 0. The third-order valence-corrected chi connectivity index (χ3v) is 5.35. The number of amides is 1. The fourth-order valence-corrected chi connectivity index (χ4v) is 3.73. The SMILES string of the molecule is COC1CCN(CC(=O)NC(c2ccc3c(c2)OCCCO3)C(C)C)CC1. The molecule has 1 fully saturated rings. The highest BCUT2D eigenvalue weighted by atomic mass is 16.5. The minimum Gasteiger partial charge on any atom is -0.490 e. The van der Waals surface area contributed by atoms with Crippen LogP contribution >= 0.6 is 0 Å². The number of fused-ring (bicyclic) bond motifs is 1. The summed E-state index contributed by atoms with van der Waals surface area (Å²) in [5.74, 6) is 1.90. The molecule has 1 amide bonds. The van der Waals surface area contributed by atoms with E-state index in [1.165, 1.54) is 0 Å². The minimum absolute atomic E-state index is 0.0498. The van der Waals surface area contributed by atoms with Gasteiger partial charge in [0.1, 0.15) is 0 Å². The topological polar surface area (TPSA) is 60.0 Å². The summed E-state index contributed by atoms with van der Waals surface area (Å²) < 4.78 is 16.9. The first-order chi connectivity index (χ1) is 13.1. The highest BCUT2D eigenvalue weighted by Crippen LogP contribution is 2.34. The summed E-state index contributed by atoms with van der Waals surface area (Å²) in [4.78, 5) is 14.9. The predicted octanol–water partition coefficient (Wildman–Crippen LogP) is 2.77. The van der Waals surface area contributed by atoms with Crippen LogP contribution in [0.1, 0.15) is 44.7 Å². The lowest BCUT2D eigenvalue weighted by Gasteiger charge is -2.31. The van der Waals surface area contributed by atoms with Gasteiger partial charge in [-0.1, -0.05) is 19.9 Å². The number of hydrogen-bond acceptors (Lipinski definition) is 5. The number of hydrogen-bond donors (Lipinski definition) is 1. The van der Waals surface area contributed by atoms with Crippen LogP contribution in [0, 0.1) is 5.92 Å². The summed E-state index contributed by atoms with van der Waals surface area (Å²) in [5.41, 5.74) is 1.06. The van der Waals surface area contributed by atoms with Gasteiger partial charge in [-0.05, 0) is 36.5 Å². The Balaban J connectivity index is 1.62. The highest BCUT2D eigenvalue weighted by Gasteiger charge is 2.24. The van der Waals surface area contributed by atoms with Crippen molar-refractivity contribution in [2.24, 2.45) is 5.92 Å². The number of rotatable bonds is 6. The lowest BCUT2D eigenvalue weighted by Crippen LogP contribution is -2.44. The van der Waals surface area contributed by atoms with E-state index in [-0.39, 0.29) is 17.9 Å². The number of carbonyl (C=O) groups is 1. The molecule has 1 aromatic carbocycles. The lowest BCUT2D eigenvalue weighted by atomic mass is 9.95. The van der Waals surface area contributed by atoms with Crippen LogP contribution in [0.15, 0.2) is 18.2 Å². The minimum atomic E-state index is -0.0498. The van der Waals surface area contributed by atoms with Gasteiger partial charge in [-0.3, -0.25) is 9.69 Å². The number of likely N-dealkylation sites (tertiary alicyclic amines) is 1. The van der Waals surface area contributed by atoms with Crippen molar-refractivity contribution >= 4 is 5.91 Å². The number of nitrogens with zero attached hydrogens (tertiary/aromatic N) is 1. The van der Waals surface area contributed by atoms with Crippen molar-refractivity contribution in [1.29, 1.82) is 0 Å². The molecular formula is C21H32N2O4. The Bertz CT molecular complexity index is 627. The fraction of sp³-hybridized carbons (Fsp3) is 0.667. The van der Waals surface area contributed by atoms with Gasteiger partial charge < -0.3 is 19.5 Å². The molecule has 6 nitrogen and oxygen atoms in total. The molecule has 2 heterocycles. The maximum Gasteiger partial charge on any atom is 0.234 e. The second-order valence-electron chi connectivity index (χ2n) is 7.76. The molecule has 0 bridgehead atoms. The number of ether oxygens (including phenoxy) is 3. The maximum atomic E-state index is 12.7. The molecule has 150 valence electrons. The molecule has 0 saturated carbocycles. The number of methoxy groups -OCH3 is 1. The third kappa shape index (κ3) is 5.36. The summed E-state index contributed by atoms with van der Waals surface area (Å²) in [5, 5.41) is 3.22. The van der Waals surface area contributed by atoms with Gasteiger partial charge >= 0.3 is 0 Å². The monoisotopic (exact) mass is 376 g/mol. The van der Waals surface area contributed by atoms with Gasteiger partial charge in [-0.15, -0.1) is 0 Å². The van der Waals surface area contributed by atoms with Gasteiger partial charge in [-0.25, -0.2) is 0 Å². The summed E-state index contributed by atoms with van der Waals surface area (Å²) in [6.07, 6.45) is 3.18. The molecule has 0 radical (unpaired) electrons. The van der Waals surface area contributed by atoms with Crippen molar-refractivity contribution in [3.63, 3.8) is 0 Å². The van der Waals surface area contributed by atoms with Crippen LogP contribution in [0.25, 0.3) is 0 Å². The standard InChI is InChI=1S/C21H32N2O4/c1-15(2)21(16-5-6-18-19(13-16)27-12-4-11-26-18)22-20(24)14-23-9-7-17(25-3)8-10-23/h5-6,13,15,17,21H,4,7-12,14H2,1-3H3,(H,22,24). The fourth-order valence-electron chi connectivity index (χ4n) is 3.73. The van der Waals surface area contributed by atoms with Crippen molar-refractivity contribution in [3.8, 4) is 11.5 Å². The van der Waals surface area contributed by atoms with Crippen LogP contribution in [0.4, 0.5) is 0 Å². The molecule has 2 aliphatic rings. The summed E-state index contributed by atoms with van der Waals surface area (Å²) in [7, 11) is 1.76. The third-order valence-electron chi connectivity index (χ3n) is 5.35. The van der Waals surface area contributed by atoms with Gasteiger partial charge in [-0.2, -0.15) is 0 Å². The zero-order chi connectivity index (χ0) is 19.2. The van der Waals surface area contributed by atoms with Gasteiger partial charge in [0, 0.05) is 26.6 Å². The largest absolute Gasteiger partial charge is 0.490 e. The zero-order valence-corrected chi connectivity index (χ0v) is 16.7. The molecule has 2 aliphatic heterocycles. The Morgan fingerprint density at radius 3 is 2.59 bits per heavy atom. The Morgan fingerprint density at radius 2 is 1.93 bits per heavy atom. The normalized spacial score (nSPS) is 19.6. The highest BCUT2D eigenvalue weighted by molar-refractivity contribution is 5.78. The Kier molecular flexibility index (Phi) is 6.96. The molecule has 0 spiro atoms. The van der Waals surface area contributed by atoms with E-state index in [0.29, 0.717) is 25.9 Å². The average Bonchev–Trinajstić information content (AvgIpc) is 2.91. The van der Waals surface area contributed by atoms with Crippen LogP contribution in [-0.2, 0) is 9.53 Å². The molecule has 0 aliphatic carbocycles. The molecule has 0 aromatic heterocycles. The molecule has 1 atom stereocenters. The molecule has 6 heteroatoms. The Morgan fingerprint density at radius 1 is 1.22 bits per heavy atom. The van der Waals surface area contributed by atoms with Crippen LogP contribution in [0.2, 0.25) is 0 Å². The van der Waals surface area contributed by atoms with Gasteiger partial charge in [0.05, 0.1) is 31.9 Å². The first-order valence-electron chi connectivity index (χ1n) is 10.0. The van der Waals surface area contributed by atoms with Gasteiger partial charge in [0.2, 0.25) is 5.91 Å². The van der Waals surface area contributed by atoms with Crippen LogP contribution < -0.4 is 14.8 Å². The quantitative estimate of drug-likeness (QED) is 0.827. The molecular weight excluding hydrogens is 344 g/mol. The van der Waals surface area contributed by atoms with Crippen molar-refractivity contribution < 1.29 is 19.0 Å². The van der Waals surface area contributed by atoms with Gasteiger partial charge in [0.25, 0.3) is 0 Å². The number of benzene rings is 1. The van der Waals surface area contributed by atoms with Crippen molar-refractivity contribution in [2.75, 3.05) is 40.0 Å². The Labute approximate surface area is 162 Å². The van der Waals surface area contributed by atoms with E-state index in [2.05, 4.69) is 24.1 Å². The van der Waals surface area contributed by atoms with Gasteiger partial charge in [0.15, 0.2) is 11.5 Å². The average molecular weight is 376 g/mol. The van der Waals surface area contributed by atoms with Crippen LogP contribution in [-0.4, -0.2) is 56.9 Å². The molecule has 1 saturated heterocycles. The summed E-state index contributed by atoms with van der Waals surface area (Å²) in [6.45, 7) is 7.83. The van der Waals surface area contributed by atoms with Crippen molar-refractivity contribution in [2.45, 2.75) is 45.3 Å². The van der Waals surface area contributed by atoms with E-state index in [9.17, 15) is 4.79 Å². The second kappa shape index (κ2) is 9.42. The van der Waals surface area contributed by atoms with E-state index < -0.39 is 0 Å². The predicted molar refractivity (Wildman–Crippen MR) is 104 cm³/mol. The molecule has 1 aromatic rings. The van der Waals surface area contributed by atoms with Crippen LogP contribution in [0.3, 0.4) is 0 Å².